The van der Waals surface area contributed by atoms with Crippen LogP contribution in [0.4, 0.5) is 0 Å². The van der Waals surface area contributed by atoms with Gasteiger partial charge < -0.3 is 42.4 Å². The van der Waals surface area contributed by atoms with E-state index in [4.69, 9.17) is 37.9 Å². The first-order chi connectivity index (χ1) is 23.3. The van der Waals surface area contributed by atoms with Crippen LogP contribution in [0.2, 0.25) is 0 Å². The molecule has 0 spiro atoms. The molecule has 0 N–H and O–H groups in total. The van der Waals surface area contributed by atoms with Crippen molar-refractivity contribution in [2.24, 2.45) is 0 Å². The second-order valence-electron chi connectivity index (χ2n) is 10.3. The van der Waals surface area contributed by atoms with Gasteiger partial charge in [0.15, 0.2) is 10.5 Å². The highest BCUT2D eigenvalue weighted by atomic mass is 32.2. The first kappa shape index (κ1) is 35.9. The van der Waals surface area contributed by atoms with Gasteiger partial charge >= 0.3 is 0 Å². The minimum atomic E-state index is -1.58. The van der Waals surface area contributed by atoms with Gasteiger partial charge in [0.2, 0.25) is 0 Å². The number of rotatable bonds is 16. The molecule has 4 aromatic carbocycles. The number of hydrogen-bond acceptors (Lipinski definition) is 9. The molecule has 48 heavy (non-hydrogen) atoms. The van der Waals surface area contributed by atoms with Gasteiger partial charge in [-0.25, -0.2) is 0 Å². The molecule has 0 amide bonds. The molecule has 2 atom stereocenters. The van der Waals surface area contributed by atoms with E-state index in [1.165, 1.54) is 0 Å². The maximum Gasteiger partial charge on any atom is 0.160 e. The maximum absolute atomic E-state index is 15.0. The van der Waals surface area contributed by atoms with Crippen molar-refractivity contribution < 1.29 is 42.4 Å². The van der Waals surface area contributed by atoms with Gasteiger partial charge in [-0.2, -0.15) is 0 Å². The minimum absolute atomic E-state index is 0.548. The molecule has 4 rings (SSSR count). The van der Waals surface area contributed by atoms with E-state index in [-0.39, 0.29) is 0 Å². The number of benzene rings is 4. The fraction of sp³-hybridized carbons (Fsp3) is 0.263. The summed E-state index contributed by atoms with van der Waals surface area (Å²) in [5.41, 5.74) is 3.01. The molecule has 0 aliphatic heterocycles. The van der Waals surface area contributed by atoms with E-state index in [9.17, 15) is 4.55 Å². The van der Waals surface area contributed by atoms with Crippen molar-refractivity contribution in [3.63, 3.8) is 0 Å². The first-order valence-electron chi connectivity index (χ1n) is 15.0. The van der Waals surface area contributed by atoms with Gasteiger partial charge in [0, 0.05) is 35.4 Å². The Bertz CT molecular complexity index is 1510. The first-order valence-corrected chi connectivity index (χ1v) is 16.3. The summed E-state index contributed by atoms with van der Waals surface area (Å²) in [6.45, 7) is 0. The molecule has 4 aromatic rings. The summed E-state index contributed by atoms with van der Waals surface area (Å²) >= 11 is -1.58. The smallest absolute Gasteiger partial charge is 0.160 e. The third kappa shape index (κ3) is 8.31. The Kier molecular flexibility index (Phi) is 12.9. The molecule has 254 valence electrons. The highest BCUT2D eigenvalue weighted by molar-refractivity contribution is 7.92. The lowest BCUT2D eigenvalue weighted by Crippen LogP contribution is -2.19. The van der Waals surface area contributed by atoms with Crippen LogP contribution in [-0.4, -0.2) is 61.4 Å². The molecule has 0 saturated heterocycles. The van der Waals surface area contributed by atoms with Crippen LogP contribution in [-0.2, 0) is 11.2 Å². The van der Waals surface area contributed by atoms with E-state index < -0.39 is 21.7 Å². The molecule has 0 radical (unpaired) electrons. The predicted molar refractivity (Wildman–Crippen MR) is 190 cm³/mol. The fourth-order valence-electron chi connectivity index (χ4n) is 5.15. The number of hydrogen-bond donors (Lipinski definition) is 0. The normalized spacial score (nSPS) is 13.1. The van der Waals surface area contributed by atoms with Crippen LogP contribution < -0.4 is 37.9 Å². The Morgan fingerprint density at radius 3 is 0.979 bits per heavy atom. The lowest BCUT2D eigenvalue weighted by atomic mass is 10.1. The van der Waals surface area contributed by atoms with Gasteiger partial charge in [0.25, 0.3) is 0 Å². The third-order valence-electron chi connectivity index (χ3n) is 7.77. The molecular formula is C38H42O9S. The SMILES string of the molecule is COc1ccc(C(/C=C/c2c(OC)cc(OC)cc2OC)[S+]([O-])C(/C=C/c2c(OC)cc(OC)cc2OC)c2ccc(OC)cc2)cc1. The third-order valence-corrected chi connectivity index (χ3v) is 9.63. The monoisotopic (exact) mass is 674 g/mol. The molecule has 0 heterocycles. The summed E-state index contributed by atoms with van der Waals surface area (Å²) in [6, 6.07) is 22.2. The standard InChI is InChI=1S/C38H42O9S/c1-40-27-13-9-25(10-14-27)37(19-17-31-33(44-5)21-29(42-3)22-34(31)45-6)48(39)38(26-11-15-28(41-2)16-12-26)20-18-32-35(46-7)23-30(43-4)24-36(32)47-8/h9-24,37-38H,1-8H3/b19-17+,20-18+. The lowest BCUT2D eigenvalue weighted by Gasteiger charge is -2.26. The molecule has 0 aliphatic carbocycles. The van der Waals surface area contributed by atoms with E-state index in [1.54, 1.807) is 81.1 Å². The van der Waals surface area contributed by atoms with Crippen molar-refractivity contribution in [3.05, 3.63) is 107 Å². The van der Waals surface area contributed by atoms with E-state index in [2.05, 4.69) is 0 Å². The largest absolute Gasteiger partial charge is 0.615 e. The molecule has 10 heteroatoms. The molecular weight excluding hydrogens is 632 g/mol. The van der Waals surface area contributed by atoms with Crippen LogP contribution in [0.3, 0.4) is 0 Å². The highest BCUT2D eigenvalue weighted by Crippen LogP contribution is 2.42. The van der Waals surface area contributed by atoms with E-state index in [1.807, 2.05) is 72.8 Å². The van der Waals surface area contributed by atoms with E-state index >= 15 is 0 Å². The summed E-state index contributed by atoms with van der Waals surface area (Å²) in [7, 11) is 12.7. The van der Waals surface area contributed by atoms with Gasteiger partial charge in [-0.15, -0.1) is 0 Å². The molecule has 0 aromatic heterocycles. The number of methoxy groups -OCH3 is 8. The van der Waals surface area contributed by atoms with Crippen molar-refractivity contribution in [1.29, 1.82) is 0 Å². The zero-order chi connectivity index (χ0) is 34.6. The van der Waals surface area contributed by atoms with Crippen LogP contribution in [0.1, 0.15) is 32.8 Å². The predicted octanol–water partition coefficient (Wildman–Crippen LogP) is 7.71. The fourth-order valence-corrected chi connectivity index (χ4v) is 6.79. The lowest BCUT2D eigenvalue weighted by molar-refractivity contribution is 0.374. The van der Waals surface area contributed by atoms with E-state index in [0.717, 1.165) is 11.1 Å². The van der Waals surface area contributed by atoms with Crippen molar-refractivity contribution in [3.8, 4) is 46.0 Å². The zero-order valence-corrected chi connectivity index (χ0v) is 29.3. The van der Waals surface area contributed by atoms with Crippen LogP contribution in [0.25, 0.3) is 12.2 Å². The van der Waals surface area contributed by atoms with Crippen LogP contribution >= 0.6 is 0 Å². The zero-order valence-electron chi connectivity index (χ0n) is 28.5. The van der Waals surface area contributed by atoms with Gasteiger partial charge in [-0.3, -0.25) is 0 Å². The average Bonchev–Trinajstić information content (AvgIpc) is 3.14. The molecule has 0 saturated carbocycles. The Balaban J connectivity index is 1.88. The quantitative estimate of drug-likeness (QED) is 0.111. The maximum atomic E-state index is 15.0. The van der Waals surface area contributed by atoms with Gasteiger partial charge in [-0.05, 0) is 59.7 Å². The average molecular weight is 675 g/mol. The van der Waals surface area contributed by atoms with Crippen molar-refractivity contribution in [2.75, 3.05) is 56.9 Å². The topological polar surface area (TPSA) is 96.9 Å². The summed E-state index contributed by atoms with van der Waals surface area (Å²) in [5, 5.41) is -1.16. The molecule has 0 aliphatic rings. The molecule has 9 nitrogen and oxygen atoms in total. The highest BCUT2D eigenvalue weighted by Gasteiger charge is 2.31. The van der Waals surface area contributed by atoms with E-state index in [0.29, 0.717) is 57.1 Å². The summed E-state index contributed by atoms with van der Waals surface area (Å²) in [5.74, 6) is 4.75. The Morgan fingerprint density at radius 1 is 0.438 bits per heavy atom. The van der Waals surface area contributed by atoms with Crippen molar-refractivity contribution in [2.45, 2.75) is 10.5 Å². The number of ether oxygens (including phenoxy) is 8. The Hall–Kier alpha value is -4.93. The Labute approximate surface area is 285 Å². The van der Waals surface area contributed by atoms with Gasteiger partial charge in [0.05, 0.1) is 68.0 Å². The summed E-state index contributed by atoms with van der Waals surface area (Å²) in [6.07, 6.45) is 7.55. The molecule has 0 fully saturated rings. The summed E-state index contributed by atoms with van der Waals surface area (Å²) in [4.78, 5) is 0. The second kappa shape index (κ2) is 17.3. The minimum Gasteiger partial charge on any atom is -0.615 e. The molecule has 0 bridgehead atoms. The van der Waals surface area contributed by atoms with Crippen LogP contribution in [0.5, 0.6) is 46.0 Å². The van der Waals surface area contributed by atoms with Crippen molar-refractivity contribution >= 4 is 23.3 Å². The molecule has 2 unspecified atom stereocenters. The van der Waals surface area contributed by atoms with Gasteiger partial charge in [-0.1, -0.05) is 24.3 Å². The van der Waals surface area contributed by atoms with Crippen molar-refractivity contribution in [1.82, 2.24) is 0 Å². The van der Waals surface area contributed by atoms with Crippen LogP contribution in [0, 0.1) is 0 Å². The second-order valence-corrected chi connectivity index (χ2v) is 12.0. The van der Waals surface area contributed by atoms with Crippen LogP contribution in [0.15, 0.2) is 84.9 Å². The van der Waals surface area contributed by atoms with Gasteiger partial charge in [0.1, 0.15) is 46.0 Å². The Morgan fingerprint density at radius 2 is 0.729 bits per heavy atom. The summed E-state index contributed by atoms with van der Waals surface area (Å²) < 4.78 is 59.4.